The lowest BCUT2D eigenvalue weighted by Gasteiger charge is -2.23. The van der Waals surface area contributed by atoms with E-state index in [1.54, 1.807) is 16.2 Å². The molecule has 1 fully saturated rings. The summed E-state index contributed by atoms with van der Waals surface area (Å²) in [5.74, 6) is -0.751. The fourth-order valence-electron chi connectivity index (χ4n) is 3.14. The predicted molar refractivity (Wildman–Crippen MR) is 89.5 cm³/mol. The van der Waals surface area contributed by atoms with Gasteiger partial charge in [0.1, 0.15) is 0 Å². The molecular weight excluding hydrogens is 312 g/mol. The number of carbonyl (C=O) groups excluding carboxylic acids is 1. The highest BCUT2D eigenvalue weighted by molar-refractivity contribution is 7.18. The molecule has 1 aliphatic rings. The number of rotatable bonds is 6. The molecule has 2 heterocycles. The Balaban J connectivity index is 1.51. The first-order chi connectivity index (χ1) is 11.1. The Kier molecular flexibility index (Phi) is 4.91. The Bertz CT molecular complexity index is 680. The highest BCUT2D eigenvalue weighted by atomic mass is 32.1. The number of benzene rings is 1. The van der Waals surface area contributed by atoms with Gasteiger partial charge in [0.2, 0.25) is 5.91 Å². The highest BCUT2D eigenvalue weighted by Crippen LogP contribution is 2.24. The Labute approximate surface area is 138 Å². The number of aryl methyl sites for hydroxylation is 1. The van der Waals surface area contributed by atoms with Crippen LogP contribution in [0.25, 0.3) is 10.2 Å². The Morgan fingerprint density at radius 2 is 2.17 bits per heavy atom. The molecule has 1 saturated heterocycles. The maximum Gasteiger partial charge on any atom is 0.305 e. The molecule has 1 N–H and O–H groups in total. The Morgan fingerprint density at radius 3 is 2.96 bits per heavy atom. The summed E-state index contributed by atoms with van der Waals surface area (Å²) in [4.78, 5) is 29.5. The van der Waals surface area contributed by atoms with E-state index < -0.39 is 5.97 Å². The summed E-state index contributed by atoms with van der Waals surface area (Å²) in [5, 5.41) is 9.98. The van der Waals surface area contributed by atoms with Crippen LogP contribution in [0.2, 0.25) is 0 Å². The average Bonchev–Trinajstić information content (AvgIpc) is 3.12. The van der Waals surface area contributed by atoms with E-state index in [2.05, 4.69) is 11.1 Å². The molecule has 0 spiro atoms. The van der Waals surface area contributed by atoms with Crippen molar-refractivity contribution in [2.24, 2.45) is 0 Å². The first kappa shape index (κ1) is 15.9. The zero-order chi connectivity index (χ0) is 16.2. The molecular formula is C17H20N2O3S. The largest absolute Gasteiger partial charge is 0.481 e. The van der Waals surface area contributed by atoms with Crippen molar-refractivity contribution in [2.75, 3.05) is 6.54 Å². The van der Waals surface area contributed by atoms with Gasteiger partial charge in [-0.1, -0.05) is 12.1 Å². The van der Waals surface area contributed by atoms with E-state index in [1.165, 1.54) is 4.70 Å². The van der Waals surface area contributed by atoms with Crippen LogP contribution >= 0.6 is 11.3 Å². The number of fused-ring (bicyclic) bond motifs is 1. The van der Waals surface area contributed by atoms with Gasteiger partial charge in [-0.3, -0.25) is 9.59 Å². The van der Waals surface area contributed by atoms with Gasteiger partial charge in [-0.05, 0) is 37.8 Å². The topological polar surface area (TPSA) is 70.5 Å². The van der Waals surface area contributed by atoms with E-state index in [1.807, 2.05) is 18.2 Å². The minimum atomic E-state index is -0.829. The number of carbonyl (C=O) groups is 2. The quantitative estimate of drug-likeness (QED) is 0.882. The number of likely N-dealkylation sites (tertiary alicyclic amines) is 1. The molecule has 1 aromatic heterocycles. The standard InChI is InChI=1S/C17H20N2O3S/c20-16(19-10-4-5-12(19)11-17(21)22)9-3-8-15-18-13-6-1-2-7-14(13)23-15/h1-2,6-7,12H,3-5,8-11H2,(H,21,22). The molecule has 1 aromatic carbocycles. The molecule has 1 unspecified atom stereocenters. The van der Waals surface area contributed by atoms with Crippen molar-refractivity contribution in [1.82, 2.24) is 9.88 Å². The summed E-state index contributed by atoms with van der Waals surface area (Å²) in [6, 6.07) is 7.92. The molecule has 122 valence electrons. The number of amides is 1. The van der Waals surface area contributed by atoms with Gasteiger partial charge in [0, 0.05) is 19.0 Å². The highest BCUT2D eigenvalue weighted by Gasteiger charge is 2.29. The smallest absolute Gasteiger partial charge is 0.305 e. The normalized spacial score (nSPS) is 17.7. The van der Waals surface area contributed by atoms with Crippen LogP contribution in [0.5, 0.6) is 0 Å². The molecule has 1 aliphatic heterocycles. The maximum atomic E-state index is 12.3. The van der Waals surface area contributed by atoms with Crippen molar-refractivity contribution < 1.29 is 14.7 Å². The summed E-state index contributed by atoms with van der Waals surface area (Å²) in [7, 11) is 0. The first-order valence-electron chi connectivity index (χ1n) is 7.99. The third-order valence-electron chi connectivity index (χ3n) is 4.23. The van der Waals surface area contributed by atoms with Crippen molar-refractivity contribution in [3.05, 3.63) is 29.3 Å². The van der Waals surface area contributed by atoms with E-state index >= 15 is 0 Å². The summed E-state index contributed by atoms with van der Waals surface area (Å²) in [6.45, 7) is 0.692. The molecule has 23 heavy (non-hydrogen) atoms. The summed E-state index contributed by atoms with van der Waals surface area (Å²) >= 11 is 1.68. The lowest BCUT2D eigenvalue weighted by molar-refractivity contribution is -0.139. The van der Waals surface area contributed by atoms with Crippen LogP contribution in [0.4, 0.5) is 0 Å². The molecule has 5 nitrogen and oxygen atoms in total. The number of thiazole rings is 1. The number of hydrogen-bond donors (Lipinski definition) is 1. The van der Waals surface area contributed by atoms with Crippen molar-refractivity contribution >= 4 is 33.4 Å². The van der Waals surface area contributed by atoms with Gasteiger partial charge < -0.3 is 10.0 Å². The fraction of sp³-hybridized carbons (Fsp3) is 0.471. The first-order valence-corrected chi connectivity index (χ1v) is 8.81. The minimum Gasteiger partial charge on any atom is -0.481 e. The van der Waals surface area contributed by atoms with Gasteiger partial charge >= 0.3 is 5.97 Å². The zero-order valence-corrected chi connectivity index (χ0v) is 13.7. The van der Waals surface area contributed by atoms with Gasteiger partial charge in [-0.2, -0.15) is 0 Å². The zero-order valence-electron chi connectivity index (χ0n) is 12.9. The predicted octanol–water partition coefficient (Wildman–Crippen LogP) is 3.08. The lowest BCUT2D eigenvalue weighted by atomic mass is 10.1. The van der Waals surface area contributed by atoms with Crippen molar-refractivity contribution in [1.29, 1.82) is 0 Å². The number of aliphatic carboxylic acids is 1. The average molecular weight is 332 g/mol. The van der Waals surface area contributed by atoms with Crippen molar-refractivity contribution in [2.45, 2.75) is 44.6 Å². The molecule has 0 radical (unpaired) electrons. The van der Waals surface area contributed by atoms with E-state index in [0.29, 0.717) is 13.0 Å². The second-order valence-corrected chi connectivity index (χ2v) is 7.03. The molecule has 1 amide bonds. The van der Waals surface area contributed by atoms with Crippen LogP contribution in [0, 0.1) is 0 Å². The lowest BCUT2D eigenvalue weighted by Crippen LogP contribution is -2.36. The third-order valence-corrected chi connectivity index (χ3v) is 5.32. The fourth-order valence-corrected chi connectivity index (χ4v) is 4.15. The summed E-state index contributed by atoms with van der Waals surface area (Å²) < 4.78 is 1.18. The number of nitrogens with zero attached hydrogens (tertiary/aromatic N) is 2. The van der Waals surface area contributed by atoms with Crippen LogP contribution in [0.3, 0.4) is 0 Å². The number of carboxylic acids is 1. The van der Waals surface area contributed by atoms with Gasteiger partial charge in [0.05, 0.1) is 21.6 Å². The molecule has 0 saturated carbocycles. The van der Waals surface area contributed by atoms with Gasteiger partial charge in [-0.15, -0.1) is 11.3 Å². The van der Waals surface area contributed by atoms with Gasteiger partial charge in [0.25, 0.3) is 0 Å². The molecule has 1 atom stereocenters. The third kappa shape index (κ3) is 3.88. The number of aromatic nitrogens is 1. The number of hydrogen-bond acceptors (Lipinski definition) is 4. The van der Waals surface area contributed by atoms with E-state index in [0.717, 1.165) is 36.2 Å². The molecule has 0 bridgehead atoms. The molecule has 2 aromatic rings. The number of para-hydroxylation sites is 1. The van der Waals surface area contributed by atoms with Gasteiger partial charge in [0.15, 0.2) is 0 Å². The Hall–Kier alpha value is -1.95. The summed E-state index contributed by atoms with van der Waals surface area (Å²) in [6.07, 6.45) is 3.78. The van der Waals surface area contributed by atoms with E-state index in [-0.39, 0.29) is 18.4 Å². The second-order valence-electron chi connectivity index (χ2n) is 5.91. The molecule has 3 rings (SSSR count). The molecule has 0 aliphatic carbocycles. The maximum absolute atomic E-state index is 12.3. The van der Waals surface area contributed by atoms with Gasteiger partial charge in [-0.25, -0.2) is 4.98 Å². The van der Waals surface area contributed by atoms with Crippen molar-refractivity contribution in [3.8, 4) is 0 Å². The van der Waals surface area contributed by atoms with Crippen LogP contribution < -0.4 is 0 Å². The Morgan fingerprint density at radius 1 is 1.35 bits per heavy atom. The van der Waals surface area contributed by atoms with Crippen LogP contribution in [-0.4, -0.2) is 39.5 Å². The van der Waals surface area contributed by atoms with Crippen molar-refractivity contribution in [3.63, 3.8) is 0 Å². The van der Waals surface area contributed by atoms with E-state index in [9.17, 15) is 9.59 Å². The van der Waals surface area contributed by atoms with Crippen LogP contribution in [0.15, 0.2) is 24.3 Å². The number of carboxylic acid groups (broad SMARTS) is 1. The molecule has 6 heteroatoms. The van der Waals surface area contributed by atoms with Crippen LogP contribution in [0.1, 0.15) is 37.1 Å². The van der Waals surface area contributed by atoms with Crippen LogP contribution in [-0.2, 0) is 16.0 Å². The monoisotopic (exact) mass is 332 g/mol. The van der Waals surface area contributed by atoms with E-state index in [4.69, 9.17) is 5.11 Å². The second kappa shape index (κ2) is 7.08. The SMILES string of the molecule is O=C(O)CC1CCCN1C(=O)CCCc1nc2ccccc2s1. The summed E-state index contributed by atoms with van der Waals surface area (Å²) in [5.41, 5.74) is 1.01. The minimum absolute atomic E-state index is 0.0591.